The smallest absolute Gasteiger partial charge is 0.338 e. The number of ether oxygens (including phenoxy) is 2. The Morgan fingerprint density at radius 2 is 1.84 bits per heavy atom. The number of hydrogen-bond donors (Lipinski definition) is 2. The summed E-state index contributed by atoms with van der Waals surface area (Å²) in [7, 11) is 1.43. The van der Waals surface area contributed by atoms with E-state index in [1.165, 1.54) is 30.4 Å². The zero-order valence-electron chi connectivity index (χ0n) is 25.2. The number of nitrogens with zero attached hydrogens (tertiary/aromatic N) is 3. The fraction of sp³-hybridized carbons (Fsp3) is 0.394. The van der Waals surface area contributed by atoms with E-state index in [1.54, 1.807) is 0 Å². The van der Waals surface area contributed by atoms with Gasteiger partial charge in [0.25, 0.3) is 0 Å². The number of hydrogen-bond acceptors (Lipinski definition) is 7. The second-order valence-corrected chi connectivity index (χ2v) is 12.5. The molecule has 1 aliphatic rings. The van der Waals surface area contributed by atoms with Crippen molar-refractivity contribution in [2.45, 2.75) is 59.0 Å². The van der Waals surface area contributed by atoms with Crippen LogP contribution in [0.3, 0.4) is 0 Å². The van der Waals surface area contributed by atoms with Crippen molar-refractivity contribution in [1.29, 1.82) is 0 Å². The second kappa shape index (κ2) is 13.1. The molecule has 0 saturated carbocycles. The molecular formula is C33H36Cl2N4O5. The van der Waals surface area contributed by atoms with Crippen molar-refractivity contribution in [1.82, 2.24) is 20.3 Å². The third kappa shape index (κ3) is 6.27. The predicted octanol–water partition coefficient (Wildman–Crippen LogP) is 6.58. The number of carboxylic acids is 1. The Kier molecular flexibility index (Phi) is 9.48. The number of unbranched alkanes of at least 4 members (excludes halogenated alkanes) is 1. The minimum Gasteiger partial charge on any atom is -0.493 e. The normalized spacial score (nSPS) is 13.9. The van der Waals surface area contributed by atoms with Crippen molar-refractivity contribution in [2.24, 2.45) is 5.41 Å². The molecule has 9 nitrogen and oxygen atoms in total. The molecule has 2 heterocycles. The highest BCUT2D eigenvalue weighted by Gasteiger charge is 2.41. The topological polar surface area (TPSA) is 116 Å². The van der Waals surface area contributed by atoms with E-state index in [1.807, 2.05) is 31.5 Å². The molecule has 44 heavy (non-hydrogen) atoms. The first-order valence-electron chi connectivity index (χ1n) is 14.6. The highest BCUT2D eigenvalue weighted by atomic mass is 35.5. The lowest BCUT2D eigenvalue weighted by Crippen LogP contribution is -2.34. The number of carboxylic acid groups (broad SMARTS) is 1. The van der Waals surface area contributed by atoms with Crippen molar-refractivity contribution < 1.29 is 24.2 Å². The third-order valence-corrected chi connectivity index (χ3v) is 9.04. The van der Waals surface area contributed by atoms with Crippen LogP contribution in [-0.2, 0) is 29.0 Å². The maximum atomic E-state index is 13.1. The number of methoxy groups -OCH3 is 1. The zero-order chi connectivity index (χ0) is 31.6. The maximum absolute atomic E-state index is 13.1. The number of nitrogens with one attached hydrogen (secondary N) is 1. The van der Waals surface area contributed by atoms with E-state index < -0.39 is 11.4 Å². The number of benzene rings is 3. The first-order chi connectivity index (χ1) is 21.0. The minimum atomic E-state index is -1.19. The van der Waals surface area contributed by atoms with Crippen molar-refractivity contribution in [3.63, 3.8) is 0 Å². The van der Waals surface area contributed by atoms with Gasteiger partial charge in [0, 0.05) is 19.0 Å². The van der Waals surface area contributed by atoms with Crippen molar-refractivity contribution in [3.8, 4) is 5.75 Å². The number of aryl methyl sites for hydroxylation is 2. The Bertz CT molecular complexity index is 1700. The standard InChI is InChI=1S/C33H36Cl2N4O5/c1-19-24(29(33(2,3)32(42)43-4)21-8-7-20-11-12-36-18-22(20)15-21)9-10-27-30(19)37-38-39(27)13-5-6-14-44-23-16-25(34)28(31(40)41)26(35)17-23/h7-10,15-17,29,36H,5-6,11-14,18H2,1-4H3,(H,40,41). The molecule has 1 unspecified atom stereocenters. The summed E-state index contributed by atoms with van der Waals surface area (Å²) in [5.74, 6) is -1.29. The minimum absolute atomic E-state index is 0.0321. The molecule has 4 aromatic rings. The molecule has 3 aromatic carbocycles. The third-order valence-electron chi connectivity index (χ3n) is 8.44. The summed E-state index contributed by atoms with van der Waals surface area (Å²) in [6.07, 6.45) is 2.48. The average molecular weight is 640 g/mol. The van der Waals surface area contributed by atoms with Crippen LogP contribution in [0.15, 0.2) is 42.5 Å². The van der Waals surface area contributed by atoms with Crippen LogP contribution < -0.4 is 10.1 Å². The molecular weight excluding hydrogens is 603 g/mol. The van der Waals surface area contributed by atoms with E-state index in [4.69, 9.17) is 32.7 Å². The van der Waals surface area contributed by atoms with E-state index in [0.717, 1.165) is 60.1 Å². The van der Waals surface area contributed by atoms with E-state index in [2.05, 4.69) is 39.9 Å². The highest BCUT2D eigenvalue weighted by molar-refractivity contribution is 6.39. The van der Waals surface area contributed by atoms with Crippen LogP contribution in [0.25, 0.3) is 11.0 Å². The van der Waals surface area contributed by atoms with Crippen LogP contribution in [0.1, 0.15) is 70.8 Å². The maximum Gasteiger partial charge on any atom is 0.338 e. The highest BCUT2D eigenvalue weighted by Crippen LogP contribution is 2.44. The quantitative estimate of drug-likeness (QED) is 0.140. The lowest BCUT2D eigenvalue weighted by Gasteiger charge is -2.34. The van der Waals surface area contributed by atoms with Gasteiger partial charge in [0.1, 0.15) is 11.3 Å². The lowest BCUT2D eigenvalue weighted by molar-refractivity contribution is -0.151. The van der Waals surface area contributed by atoms with Gasteiger partial charge < -0.3 is 19.9 Å². The van der Waals surface area contributed by atoms with E-state index >= 15 is 0 Å². The number of fused-ring (bicyclic) bond motifs is 2. The Morgan fingerprint density at radius 3 is 2.55 bits per heavy atom. The summed E-state index contributed by atoms with van der Waals surface area (Å²) in [6.45, 7) is 8.72. The Balaban J connectivity index is 1.34. The Hall–Kier alpha value is -3.66. The predicted molar refractivity (Wildman–Crippen MR) is 170 cm³/mol. The molecule has 0 aliphatic carbocycles. The summed E-state index contributed by atoms with van der Waals surface area (Å²) < 4.78 is 12.9. The van der Waals surface area contributed by atoms with Crippen LogP contribution in [0.5, 0.6) is 5.75 Å². The lowest BCUT2D eigenvalue weighted by atomic mass is 9.69. The molecule has 11 heteroatoms. The second-order valence-electron chi connectivity index (χ2n) is 11.7. The van der Waals surface area contributed by atoms with Crippen molar-refractivity contribution in [3.05, 3.63) is 85.9 Å². The summed E-state index contributed by atoms with van der Waals surface area (Å²) >= 11 is 12.1. The van der Waals surface area contributed by atoms with Gasteiger partial charge in [-0.15, -0.1) is 5.10 Å². The van der Waals surface area contributed by atoms with Gasteiger partial charge in [-0.2, -0.15) is 0 Å². The molecule has 1 aliphatic heterocycles. The summed E-state index contributed by atoms with van der Waals surface area (Å²) in [4.78, 5) is 24.4. The molecule has 0 radical (unpaired) electrons. The van der Waals surface area contributed by atoms with Crippen molar-refractivity contribution in [2.75, 3.05) is 20.3 Å². The molecule has 232 valence electrons. The largest absolute Gasteiger partial charge is 0.493 e. The molecule has 1 aromatic heterocycles. The molecule has 1 atom stereocenters. The van der Waals surface area contributed by atoms with Gasteiger partial charge in [-0.1, -0.05) is 52.7 Å². The Morgan fingerprint density at radius 1 is 1.09 bits per heavy atom. The molecule has 0 amide bonds. The van der Waals surface area contributed by atoms with E-state index in [9.17, 15) is 14.7 Å². The summed E-state index contributed by atoms with van der Waals surface area (Å²) in [5.41, 5.74) is 6.41. The van der Waals surface area contributed by atoms with Crippen LogP contribution in [0, 0.1) is 12.3 Å². The van der Waals surface area contributed by atoms with E-state index in [-0.39, 0.29) is 27.5 Å². The molecule has 0 bridgehead atoms. The van der Waals surface area contributed by atoms with E-state index in [0.29, 0.717) is 18.9 Å². The molecule has 5 rings (SSSR count). The fourth-order valence-electron chi connectivity index (χ4n) is 6.10. The van der Waals surface area contributed by atoms with Gasteiger partial charge in [0.05, 0.1) is 40.3 Å². The van der Waals surface area contributed by atoms with Gasteiger partial charge in [0.15, 0.2) is 0 Å². The average Bonchev–Trinajstić information content (AvgIpc) is 3.40. The van der Waals surface area contributed by atoms with Gasteiger partial charge in [-0.05, 0) is 92.6 Å². The first-order valence-corrected chi connectivity index (χ1v) is 15.4. The number of halogens is 2. The van der Waals surface area contributed by atoms with Gasteiger partial charge in [-0.3, -0.25) is 4.79 Å². The molecule has 0 fully saturated rings. The molecule has 0 spiro atoms. The number of carbonyl (C=O) groups is 2. The number of rotatable bonds is 11. The summed E-state index contributed by atoms with van der Waals surface area (Å²) in [6, 6.07) is 13.6. The summed E-state index contributed by atoms with van der Waals surface area (Å²) in [5, 5.41) is 21.7. The van der Waals surface area contributed by atoms with Crippen LogP contribution in [0.2, 0.25) is 10.0 Å². The van der Waals surface area contributed by atoms with Gasteiger partial charge in [-0.25, -0.2) is 9.48 Å². The zero-order valence-corrected chi connectivity index (χ0v) is 26.8. The van der Waals surface area contributed by atoms with Crippen LogP contribution in [0.4, 0.5) is 0 Å². The Labute approximate surface area is 266 Å². The fourth-order valence-corrected chi connectivity index (χ4v) is 6.73. The van der Waals surface area contributed by atoms with Gasteiger partial charge in [0.2, 0.25) is 0 Å². The monoisotopic (exact) mass is 638 g/mol. The number of esters is 1. The first kappa shape index (κ1) is 31.8. The SMILES string of the molecule is COC(=O)C(C)(C)C(c1ccc2c(c1)CNCC2)c1ccc2c(nnn2CCCCOc2cc(Cl)c(C(=O)O)c(Cl)c2)c1C. The number of aromatic nitrogens is 3. The van der Waals surface area contributed by atoms with Crippen molar-refractivity contribution >= 4 is 46.2 Å². The van der Waals surface area contributed by atoms with Gasteiger partial charge >= 0.3 is 11.9 Å². The van der Waals surface area contributed by atoms with Crippen LogP contribution in [-0.4, -0.2) is 52.3 Å². The van der Waals surface area contributed by atoms with Crippen LogP contribution >= 0.6 is 23.2 Å². The molecule has 2 N–H and O–H groups in total. The number of aromatic carboxylic acids is 1. The molecule has 0 saturated heterocycles. The number of carbonyl (C=O) groups excluding carboxylic acids is 1.